The van der Waals surface area contributed by atoms with Crippen LogP contribution in [0.25, 0.3) is 0 Å². The van der Waals surface area contributed by atoms with E-state index in [1.54, 1.807) is 12.1 Å². The lowest BCUT2D eigenvalue weighted by Gasteiger charge is -2.12. The van der Waals surface area contributed by atoms with Gasteiger partial charge in [-0.3, -0.25) is 14.7 Å². The molecule has 0 spiro atoms. The molecule has 2 aliphatic carbocycles. The molecule has 7 nitrogen and oxygen atoms in total. The van der Waals surface area contributed by atoms with E-state index in [1.807, 2.05) is 0 Å². The molecule has 0 bridgehead atoms. The molecular weight excluding hydrogens is 298 g/mol. The summed E-state index contributed by atoms with van der Waals surface area (Å²) in [5.41, 5.74) is 2.48. The van der Waals surface area contributed by atoms with E-state index < -0.39 is 17.8 Å². The average molecular weight is 309 g/mol. The van der Waals surface area contributed by atoms with Gasteiger partial charge >= 0.3 is 5.97 Å². The second-order valence-electron chi connectivity index (χ2n) is 6.10. The van der Waals surface area contributed by atoms with Crippen LogP contribution in [-0.4, -0.2) is 33.0 Å². The van der Waals surface area contributed by atoms with Crippen molar-refractivity contribution < 1.29 is 19.2 Å². The van der Waals surface area contributed by atoms with E-state index in [0.717, 1.165) is 24.1 Å². The summed E-state index contributed by atoms with van der Waals surface area (Å²) in [5.74, 6) is -0.982. The van der Waals surface area contributed by atoms with Crippen molar-refractivity contribution in [1.29, 1.82) is 0 Å². The molecule has 0 saturated heterocycles. The lowest BCUT2D eigenvalue weighted by molar-refractivity contribution is -0.0589. The van der Waals surface area contributed by atoms with Crippen molar-refractivity contribution in [3.63, 3.8) is 0 Å². The number of rotatable bonds is 2. The first kappa shape index (κ1) is 12.6. The van der Waals surface area contributed by atoms with Gasteiger partial charge in [-0.2, -0.15) is 5.10 Å². The average Bonchev–Trinajstić information content (AvgIpc) is 2.94. The zero-order chi connectivity index (χ0) is 15.7. The topological polar surface area (TPSA) is 92.4 Å². The molecule has 2 atom stereocenters. The fourth-order valence-corrected chi connectivity index (χ4v) is 3.53. The molecular formula is C16H11N3O4. The Morgan fingerprint density at radius 1 is 1.22 bits per heavy atom. The molecule has 114 valence electrons. The van der Waals surface area contributed by atoms with Gasteiger partial charge in [0.2, 0.25) is 0 Å². The minimum Gasteiger partial charge on any atom is -0.322 e. The molecule has 0 unspecified atom stereocenters. The number of nitrogens with one attached hydrogen (secondary N) is 1. The third kappa shape index (κ3) is 1.59. The Bertz CT molecular complexity index is 865. The maximum atomic E-state index is 12.3. The summed E-state index contributed by atoms with van der Waals surface area (Å²) in [6, 6.07) is 6.37. The van der Waals surface area contributed by atoms with Crippen LogP contribution in [0.2, 0.25) is 0 Å². The highest BCUT2D eigenvalue weighted by Crippen LogP contribution is 2.56. The molecule has 3 aliphatic rings. The molecule has 1 fully saturated rings. The molecule has 1 aromatic carbocycles. The zero-order valence-electron chi connectivity index (χ0n) is 11.9. The number of amides is 2. The van der Waals surface area contributed by atoms with Crippen LogP contribution in [0.15, 0.2) is 24.3 Å². The zero-order valence-corrected chi connectivity index (χ0v) is 11.9. The van der Waals surface area contributed by atoms with Crippen molar-refractivity contribution >= 4 is 17.8 Å². The van der Waals surface area contributed by atoms with Crippen LogP contribution < -0.4 is 0 Å². The van der Waals surface area contributed by atoms with E-state index in [0.29, 0.717) is 16.9 Å². The number of imide groups is 1. The standard InChI is InChI=1S/C16H11N3O4/c20-14-8-3-1-2-4-9(8)15(21)19(14)23-16(22)13-11-6-7-5-10(7)12(11)17-18-13/h1-4,7,10H,5-6H2,(H,17,18)/t7-,10-/m0/s1. The van der Waals surface area contributed by atoms with E-state index in [4.69, 9.17) is 4.84 Å². The summed E-state index contributed by atoms with van der Waals surface area (Å²) in [6.07, 6.45) is 1.92. The summed E-state index contributed by atoms with van der Waals surface area (Å²) in [4.78, 5) is 41.8. The van der Waals surface area contributed by atoms with Gasteiger partial charge in [0, 0.05) is 17.2 Å². The number of carbonyl (C=O) groups is 3. The molecule has 1 aliphatic heterocycles. The maximum Gasteiger partial charge on any atom is 0.384 e. The van der Waals surface area contributed by atoms with Crippen molar-refractivity contribution in [3.8, 4) is 0 Å². The molecule has 0 radical (unpaired) electrons. The predicted molar refractivity (Wildman–Crippen MR) is 75.5 cm³/mol. The number of aromatic amines is 1. The number of carbonyl (C=O) groups excluding carboxylic acids is 3. The van der Waals surface area contributed by atoms with Crippen LogP contribution in [0.1, 0.15) is 54.8 Å². The monoisotopic (exact) mass is 309 g/mol. The van der Waals surface area contributed by atoms with Gasteiger partial charge in [-0.1, -0.05) is 17.2 Å². The number of hydrogen-bond donors (Lipinski definition) is 1. The Morgan fingerprint density at radius 3 is 2.61 bits per heavy atom. The van der Waals surface area contributed by atoms with Crippen molar-refractivity contribution in [1.82, 2.24) is 15.3 Å². The van der Waals surface area contributed by atoms with Crippen molar-refractivity contribution in [2.45, 2.75) is 18.8 Å². The summed E-state index contributed by atoms with van der Waals surface area (Å²) in [5, 5.41) is 7.41. The molecule has 5 rings (SSSR count). The Morgan fingerprint density at radius 2 is 1.91 bits per heavy atom. The van der Waals surface area contributed by atoms with Gasteiger partial charge in [-0.05, 0) is 30.9 Å². The van der Waals surface area contributed by atoms with Crippen molar-refractivity contribution in [2.24, 2.45) is 5.92 Å². The minimum atomic E-state index is -0.779. The highest BCUT2D eigenvalue weighted by atomic mass is 16.7. The van der Waals surface area contributed by atoms with Crippen LogP contribution in [0.4, 0.5) is 0 Å². The van der Waals surface area contributed by atoms with Gasteiger partial charge in [0.25, 0.3) is 11.8 Å². The molecule has 1 aromatic heterocycles. The number of nitrogens with zero attached hydrogens (tertiary/aromatic N) is 2. The van der Waals surface area contributed by atoms with Crippen LogP contribution in [0, 0.1) is 5.92 Å². The third-order valence-electron chi connectivity index (χ3n) is 4.78. The lowest BCUT2D eigenvalue weighted by atomic mass is 10.1. The number of hydrogen-bond acceptors (Lipinski definition) is 5. The van der Waals surface area contributed by atoms with Crippen molar-refractivity contribution in [3.05, 3.63) is 52.3 Å². The fourth-order valence-electron chi connectivity index (χ4n) is 3.53. The summed E-state index contributed by atoms with van der Waals surface area (Å²) >= 11 is 0. The molecule has 23 heavy (non-hydrogen) atoms. The maximum absolute atomic E-state index is 12.3. The first-order valence-corrected chi connectivity index (χ1v) is 7.42. The number of hydroxylamine groups is 2. The van der Waals surface area contributed by atoms with Gasteiger partial charge in [-0.15, -0.1) is 0 Å². The molecule has 1 N–H and O–H groups in total. The second-order valence-corrected chi connectivity index (χ2v) is 6.10. The highest BCUT2D eigenvalue weighted by Gasteiger charge is 2.49. The summed E-state index contributed by atoms with van der Waals surface area (Å²) in [7, 11) is 0. The quantitative estimate of drug-likeness (QED) is 0.847. The first-order valence-electron chi connectivity index (χ1n) is 7.42. The smallest absolute Gasteiger partial charge is 0.322 e. The van der Waals surface area contributed by atoms with Crippen LogP contribution in [0.3, 0.4) is 0 Å². The van der Waals surface area contributed by atoms with E-state index in [-0.39, 0.29) is 16.8 Å². The Labute approximate surface area is 130 Å². The fraction of sp³-hybridized carbons (Fsp3) is 0.250. The minimum absolute atomic E-state index is 0.170. The molecule has 2 aromatic rings. The second kappa shape index (κ2) is 4.07. The van der Waals surface area contributed by atoms with Crippen molar-refractivity contribution in [2.75, 3.05) is 0 Å². The first-order chi connectivity index (χ1) is 11.1. The molecule has 2 amide bonds. The van der Waals surface area contributed by atoms with Gasteiger partial charge in [-0.25, -0.2) is 4.79 Å². The van der Waals surface area contributed by atoms with Crippen LogP contribution in [0.5, 0.6) is 0 Å². The summed E-state index contributed by atoms with van der Waals surface area (Å²) < 4.78 is 0. The Hall–Kier alpha value is -2.96. The van der Waals surface area contributed by atoms with Gasteiger partial charge in [0.15, 0.2) is 5.69 Å². The SMILES string of the molecule is O=C(ON1C(=O)c2ccccc2C1=O)c1n[nH]c2c1C[C@@H]1C[C@H]21. The van der Waals surface area contributed by atoms with E-state index in [2.05, 4.69) is 10.2 Å². The van der Waals surface area contributed by atoms with Crippen LogP contribution >= 0.6 is 0 Å². The molecule has 2 heterocycles. The third-order valence-corrected chi connectivity index (χ3v) is 4.78. The Balaban J connectivity index is 1.43. The normalized spacial score (nSPS) is 23.6. The number of benzene rings is 1. The predicted octanol–water partition coefficient (Wildman–Crippen LogP) is 1.44. The van der Waals surface area contributed by atoms with Gasteiger partial charge in [0.05, 0.1) is 11.1 Å². The molecule has 7 heteroatoms. The lowest BCUT2D eigenvalue weighted by Crippen LogP contribution is -2.33. The number of aromatic nitrogens is 2. The number of fused-ring (bicyclic) bond motifs is 4. The van der Waals surface area contributed by atoms with Gasteiger partial charge < -0.3 is 4.84 Å². The highest BCUT2D eigenvalue weighted by molar-refractivity contribution is 6.21. The van der Waals surface area contributed by atoms with E-state index >= 15 is 0 Å². The van der Waals surface area contributed by atoms with E-state index in [1.165, 1.54) is 12.1 Å². The largest absolute Gasteiger partial charge is 0.384 e. The van der Waals surface area contributed by atoms with Crippen LogP contribution in [-0.2, 0) is 11.3 Å². The Kier molecular flexibility index (Phi) is 2.22. The van der Waals surface area contributed by atoms with E-state index in [9.17, 15) is 14.4 Å². The van der Waals surface area contributed by atoms with Gasteiger partial charge in [0.1, 0.15) is 0 Å². The number of H-pyrrole nitrogens is 1. The summed E-state index contributed by atoms with van der Waals surface area (Å²) in [6.45, 7) is 0. The molecule has 1 saturated carbocycles.